The third-order valence-corrected chi connectivity index (χ3v) is 5.83. The maximum absolute atomic E-state index is 7.35. The first kappa shape index (κ1) is 16.8. The van der Waals surface area contributed by atoms with E-state index in [1.54, 1.807) is 6.07 Å². The van der Waals surface area contributed by atoms with E-state index in [4.69, 9.17) is 16.7 Å². The predicted molar refractivity (Wildman–Crippen MR) is 113 cm³/mol. The number of hydrogen-bond acceptors (Lipinski definition) is 2. The van der Waals surface area contributed by atoms with Crippen molar-refractivity contribution in [2.45, 2.75) is 24.8 Å². The first-order valence-electron chi connectivity index (χ1n) is 9.57. The molecule has 1 aliphatic carbocycles. The molecule has 0 bridgehead atoms. The Balaban J connectivity index is 1.70. The molecule has 1 saturated carbocycles. The molecule has 0 radical (unpaired) electrons. The van der Waals surface area contributed by atoms with Gasteiger partial charge in [-0.3, -0.25) is 0 Å². The standard InChI is InChI=1S/C25H20N2O/c1-27-20-12-13-22-21(16-20)23(17-6-3-2-4-7-17)24(28-22)18-8-10-19(11-9-18)25(26)14-5-15-25/h2-4,6-13,16H,5,14-15,26H2. The molecule has 5 rings (SSSR count). The van der Waals surface area contributed by atoms with Gasteiger partial charge in [0, 0.05) is 22.1 Å². The largest absolute Gasteiger partial charge is 0.456 e. The summed E-state index contributed by atoms with van der Waals surface area (Å²) in [5, 5.41) is 0.966. The zero-order valence-electron chi connectivity index (χ0n) is 15.5. The normalized spacial score (nSPS) is 15.1. The lowest BCUT2D eigenvalue weighted by molar-refractivity contribution is 0.253. The maximum Gasteiger partial charge on any atom is 0.188 e. The van der Waals surface area contributed by atoms with Crippen molar-refractivity contribution in [1.82, 2.24) is 0 Å². The summed E-state index contributed by atoms with van der Waals surface area (Å²) in [7, 11) is 0. The lowest BCUT2D eigenvalue weighted by Gasteiger charge is -2.38. The second kappa shape index (κ2) is 6.37. The van der Waals surface area contributed by atoms with Crippen LogP contribution in [0, 0.1) is 6.57 Å². The van der Waals surface area contributed by atoms with Gasteiger partial charge in [0.25, 0.3) is 0 Å². The summed E-state index contributed by atoms with van der Waals surface area (Å²) in [4.78, 5) is 3.59. The van der Waals surface area contributed by atoms with Crippen molar-refractivity contribution < 1.29 is 4.42 Å². The highest BCUT2D eigenvalue weighted by Crippen LogP contribution is 2.43. The van der Waals surface area contributed by atoms with Crippen molar-refractivity contribution in [3.63, 3.8) is 0 Å². The number of benzene rings is 3. The van der Waals surface area contributed by atoms with E-state index >= 15 is 0 Å². The topological polar surface area (TPSA) is 43.5 Å². The molecule has 4 aromatic rings. The fraction of sp³-hybridized carbons (Fsp3) is 0.160. The van der Waals surface area contributed by atoms with E-state index in [9.17, 15) is 0 Å². The molecule has 0 atom stereocenters. The quantitative estimate of drug-likeness (QED) is 0.413. The molecular weight excluding hydrogens is 344 g/mol. The zero-order valence-corrected chi connectivity index (χ0v) is 15.5. The Kier molecular flexibility index (Phi) is 3.82. The lowest BCUT2D eigenvalue weighted by atomic mass is 9.72. The van der Waals surface area contributed by atoms with Crippen molar-refractivity contribution in [3.05, 3.63) is 89.8 Å². The molecular formula is C25H20N2O. The van der Waals surface area contributed by atoms with Crippen LogP contribution in [0.5, 0.6) is 0 Å². The zero-order chi connectivity index (χ0) is 19.1. The van der Waals surface area contributed by atoms with Gasteiger partial charge in [-0.15, -0.1) is 0 Å². The summed E-state index contributed by atoms with van der Waals surface area (Å²) in [5.74, 6) is 0.828. The van der Waals surface area contributed by atoms with Gasteiger partial charge in [0.05, 0.1) is 6.57 Å². The van der Waals surface area contributed by atoms with E-state index in [0.29, 0.717) is 5.69 Å². The van der Waals surface area contributed by atoms with Crippen molar-refractivity contribution in [2.24, 2.45) is 5.73 Å². The Labute approximate surface area is 164 Å². The molecule has 3 nitrogen and oxygen atoms in total. The van der Waals surface area contributed by atoms with E-state index in [-0.39, 0.29) is 5.54 Å². The van der Waals surface area contributed by atoms with Crippen LogP contribution in [-0.2, 0) is 5.54 Å². The molecule has 1 fully saturated rings. The van der Waals surface area contributed by atoms with Crippen LogP contribution in [0.2, 0.25) is 0 Å². The van der Waals surface area contributed by atoms with Crippen LogP contribution in [0.25, 0.3) is 38.3 Å². The van der Waals surface area contributed by atoms with Gasteiger partial charge in [0.1, 0.15) is 11.3 Å². The first-order valence-corrected chi connectivity index (χ1v) is 9.57. The second-order valence-corrected chi connectivity index (χ2v) is 7.55. The first-order chi connectivity index (χ1) is 13.7. The summed E-state index contributed by atoms with van der Waals surface area (Å²) < 4.78 is 6.27. The van der Waals surface area contributed by atoms with E-state index < -0.39 is 0 Å². The van der Waals surface area contributed by atoms with Crippen LogP contribution in [-0.4, -0.2) is 0 Å². The van der Waals surface area contributed by atoms with Crippen LogP contribution >= 0.6 is 0 Å². The minimum absolute atomic E-state index is 0.167. The number of furan rings is 1. The number of hydrogen-bond donors (Lipinski definition) is 1. The third-order valence-electron chi connectivity index (χ3n) is 5.83. The molecule has 0 aliphatic heterocycles. The Morgan fingerprint density at radius 1 is 0.893 bits per heavy atom. The van der Waals surface area contributed by atoms with Crippen LogP contribution in [0.3, 0.4) is 0 Å². The highest BCUT2D eigenvalue weighted by molar-refractivity contribution is 6.03. The highest BCUT2D eigenvalue weighted by Gasteiger charge is 2.34. The summed E-state index contributed by atoms with van der Waals surface area (Å²) in [5.41, 5.74) is 12.0. The average molecular weight is 364 g/mol. The van der Waals surface area contributed by atoms with Crippen LogP contribution in [0.15, 0.2) is 77.2 Å². The molecule has 0 amide bonds. The van der Waals surface area contributed by atoms with Gasteiger partial charge in [-0.2, -0.15) is 0 Å². The van der Waals surface area contributed by atoms with Gasteiger partial charge >= 0.3 is 0 Å². The molecule has 28 heavy (non-hydrogen) atoms. The van der Waals surface area contributed by atoms with Crippen molar-refractivity contribution in [3.8, 4) is 22.5 Å². The Hall–Kier alpha value is -3.35. The second-order valence-electron chi connectivity index (χ2n) is 7.55. The Morgan fingerprint density at radius 2 is 1.64 bits per heavy atom. The monoisotopic (exact) mass is 364 g/mol. The highest BCUT2D eigenvalue weighted by atomic mass is 16.3. The van der Waals surface area contributed by atoms with E-state index in [0.717, 1.165) is 46.3 Å². The molecule has 1 aliphatic rings. The predicted octanol–water partition coefficient (Wildman–Crippen LogP) is 6.66. The molecule has 1 heterocycles. The van der Waals surface area contributed by atoms with Crippen molar-refractivity contribution in [2.75, 3.05) is 0 Å². The number of nitrogens with two attached hydrogens (primary N) is 1. The number of nitrogens with zero attached hydrogens (tertiary/aromatic N) is 1. The molecule has 3 heteroatoms. The third kappa shape index (κ3) is 2.62. The molecule has 0 saturated heterocycles. The minimum Gasteiger partial charge on any atom is -0.456 e. The number of rotatable bonds is 3. The molecule has 0 spiro atoms. The van der Waals surface area contributed by atoms with E-state index in [1.807, 2.05) is 30.3 Å². The molecule has 0 unspecified atom stereocenters. The molecule has 2 N–H and O–H groups in total. The lowest BCUT2D eigenvalue weighted by Crippen LogP contribution is -2.43. The van der Waals surface area contributed by atoms with Gasteiger partial charge in [-0.1, -0.05) is 60.7 Å². The molecule has 3 aromatic carbocycles. The summed E-state index contributed by atoms with van der Waals surface area (Å²) >= 11 is 0. The van der Waals surface area contributed by atoms with Gasteiger partial charge in [0.15, 0.2) is 5.69 Å². The number of fused-ring (bicyclic) bond motifs is 1. The molecule has 1 aromatic heterocycles. The average Bonchev–Trinajstić information content (AvgIpc) is 3.11. The van der Waals surface area contributed by atoms with Gasteiger partial charge < -0.3 is 10.2 Å². The van der Waals surface area contributed by atoms with Crippen LogP contribution in [0.4, 0.5) is 5.69 Å². The van der Waals surface area contributed by atoms with Crippen LogP contribution < -0.4 is 5.73 Å². The van der Waals surface area contributed by atoms with Crippen molar-refractivity contribution >= 4 is 16.7 Å². The fourth-order valence-corrected chi connectivity index (χ4v) is 4.05. The summed E-state index contributed by atoms with van der Waals surface area (Å²) in [6, 6.07) is 24.3. The maximum atomic E-state index is 7.35. The Morgan fingerprint density at radius 3 is 2.29 bits per heavy atom. The smallest absolute Gasteiger partial charge is 0.188 e. The Bertz CT molecular complexity index is 1190. The summed E-state index contributed by atoms with van der Waals surface area (Å²) in [6.45, 7) is 7.35. The SMILES string of the molecule is [C-]#[N+]c1ccc2oc(-c3ccc(C4(N)CCC4)cc3)c(-c3ccccc3)c2c1. The minimum atomic E-state index is -0.167. The fourth-order valence-electron chi connectivity index (χ4n) is 4.05. The van der Waals surface area contributed by atoms with Gasteiger partial charge in [-0.25, -0.2) is 4.85 Å². The van der Waals surface area contributed by atoms with E-state index in [2.05, 4.69) is 41.2 Å². The molecule has 136 valence electrons. The van der Waals surface area contributed by atoms with Crippen molar-refractivity contribution in [1.29, 1.82) is 0 Å². The summed E-state index contributed by atoms with van der Waals surface area (Å²) in [6.07, 6.45) is 3.29. The van der Waals surface area contributed by atoms with E-state index in [1.165, 1.54) is 12.0 Å². The van der Waals surface area contributed by atoms with Gasteiger partial charge in [-0.05, 0) is 42.5 Å². The van der Waals surface area contributed by atoms with Crippen LogP contribution in [0.1, 0.15) is 24.8 Å². The van der Waals surface area contributed by atoms with Gasteiger partial charge in [0.2, 0.25) is 0 Å².